The monoisotopic (exact) mass is 277 g/mol. The molecule has 116 valence electrons. The molecule has 0 rings (SSSR count). The lowest BCUT2D eigenvalue weighted by Gasteiger charge is -2.19. The Morgan fingerprint density at radius 1 is 0.800 bits per heavy atom. The SMILES string of the molecule is CC(C)=CCCC(C)=CCCC(C)=CCNC(C)(C)C. The van der Waals surface area contributed by atoms with E-state index in [4.69, 9.17) is 0 Å². The van der Waals surface area contributed by atoms with Crippen LogP contribution in [0.3, 0.4) is 0 Å². The molecule has 0 saturated heterocycles. The molecule has 0 aliphatic carbocycles. The fourth-order valence-corrected chi connectivity index (χ4v) is 1.87. The molecule has 0 heterocycles. The highest BCUT2D eigenvalue weighted by atomic mass is 14.9. The molecule has 0 aliphatic rings. The lowest BCUT2D eigenvalue weighted by atomic mass is 10.1. The van der Waals surface area contributed by atoms with E-state index in [-0.39, 0.29) is 5.54 Å². The van der Waals surface area contributed by atoms with Crippen LogP contribution in [-0.4, -0.2) is 12.1 Å². The average molecular weight is 277 g/mol. The minimum absolute atomic E-state index is 0.207. The molecule has 0 aromatic rings. The van der Waals surface area contributed by atoms with Gasteiger partial charge in [0.1, 0.15) is 0 Å². The minimum Gasteiger partial charge on any atom is -0.309 e. The van der Waals surface area contributed by atoms with Crippen LogP contribution in [0.15, 0.2) is 34.9 Å². The molecular formula is C19H35N. The van der Waals surface area contributed by atoms with E-state index < -0.39 is 0 Å². The fraction of sp³-hybridized carbons (Fsp3) is 0.684. The van der Waals surface area contributed by atoms with Gasteiger partial charge in [0, 0.05) is 12.1 Å². The first-order valence-electron chi connectivity index (χ1n) is 7.90. The second-order valence-electron chi connectivity index (χ2n) is 7.09. The smallest absolute Gasteiger partial charge is 0.0142 e. The van der Waals surface area contributed by atoms with Gasteiger partial charge < -0.3 is 5.32 Å². The molecule has 1 heteroatoms. The standard InChI is InChI=1S/C19H35N/c1-16(2)10-8-11-17(3)12-9-13-18(4)14-15-20-19(5,6)7/h10,12,14,20H,8-9,11,13,15H2,1-7H3. The van der Waals surface area contributed by atoms with Gasteiger partial charge >= 0.3 is 0 Å². The Labute approximate surface area is 127 Å². The molecule has 0 bridgehead atoms. The summed E-state index contributed by atoms with van der Waals surface area (Å²) in [6.45, 7) is 16.4. The Morgan fingerprint density at radius 3 is 1.80 bits per heavy atom. The molecule has 0 radical (unpaired) electrons. The van der Waals surface area contributed by atoms with Crippen LogP contribution in [0.25, 0.3) is 0 Å². The number of hydrogen-bond acceptors (Lipinski definition) is 1. The van der Waals surface area contributed by atoms with Gasteiger partial charge in [0.2, 0.25) is 0 Å². The Bertz CT molecular complexity index is 346. The molecule has 0 amide bonds. The van der Waals surface area contributed by atoms with Crippen molar-refractivity contribution in [3.05, 3.63) is 34.9 Å². The molecule has 0 aromatic heterocycles. The summed E-state index contributed by atoms with van der Waals surface area (Å²) in [4.78, 5) is 0. The zero-order valence-electron chi connectivity index (χ0n) is 14.8. The first kappa shape index (κ1) is 19.2. The van der Waals surface area contributed by atoms with E-state index in [1.54, 1.807) is 0 Å². The number of rotatable bonds is 8. The number of allylic oxidation sites excluding steroid dienone is 5. The van der Waals surface area contributed by atoms with Crippen molar-refractivity contribution >= 4 is 0 Å². The van der Waals surface area contributed by atoms with Crippen molar-refractivity contribution in [3.63, 3.8) is 0 Å². The lowest BCUT2D eigenvalue weighted by molar-refractivity contribution is 0.449. The van der Waals surface area contributed by atoms with E-state index >= 15 is 0 Å². The molecule has 0 saturated carbocycles. The summed E-state index contributed by atoms with van der Waals surface area (Å²) in [6.07, 6.45) is 11.7. The quantitative estimate of drug-likeness (QED) is 0.553. The predicted molar refractivity (Wildman–Crippen MR) is 93.2 cm³/mol. The topological polar surface area (TPSA) is 12.0 Å². The minimum atomic E-state index is 0.207. The molecule has 0 aromatic carbocycles. The van der Waals surface area contributed by atoms with E-state index in [1.165, 1.54) is 42.4 Å². The number of nitrogens with one attached hydrogen (secondary N) is 1. The van der Waals surface area contributed by atoms with Gasteiger partial charge in [-0.3, -0.25) is 0 Å². The first-order valence-corrected chi connectivity index (χ1v) is 7.90. The van der Waals surface area contributed by atoms with Gasteiger partial charge in [-0.1, -0.05) is 34.9 Å². The fourth-order valence-electron chi connectivity index (χ4n) is 1.87. The van der Waals surface area contributed by atoms with Crippen LogP contribution in [0, 0.1) is 0 Å². The molecule has 1 N–H and O–H groups in total. The Morgan fingerprint density at radius 2 is 1.30 bits per heavy atom. The van der Waals surface area contributed by atoms with E-state index in [2.05, 4.69) is 72.0 Å². The maximum Gasteiger partial charge on any atom is 0.0142 e. The summed E-state index contributed by atoms with van der Waals surface area (Å²) in [6, 6.07) is 0. The van der Waals surface area contributed by atoms with Crippen LogP contribution in [0.1, 0.15) is 74.1 Å². The summed E-state index contributed by atoms with van der Waals surface area (Å²) in [5.41, 5.74) is 4.62. The first-order chi connectivity index (χ1) is 9.20. The van der Waals surface area contributed by atoms with Gasteiger partial charge in [-0.25, -0.2) is 0 Å². The lowest BCUT2D eigenvalue weighted by Crippen LogP contribution is -2.35. The van der Waals surface area contributed by atoms with Crippen LogP contribution in [0.4, 0.5) is 0 Å². The Balaban J connectivity index is 3.91. The summed E-state index contributed by atoms with van der Waals surface area (Å²) in [7, 11) is 0. The molecule has 1 nitrogen and oxygen atoms in total. The van der Waals surface area contributed by atoms with Crippen molar-refractivity contribution in [3.8, 4) is 0 Å². The van der Waals surface area contributed by atoms with Gasteiger partial charge in [-0.15, -0.1) is 0 Å². The molecule has 0 unspecified atom stereocenters. The normalized spacial score (nSPS) is 13.6. The molecule has 0 fully saturated rings. The highest BCUT2D eigenvalue weighted by Gasteiger charge is 2.05. The van der Waals surface area contributed by atoms with Crippen molar-refractivity contribution in [1.82, 2.24) is 5.32 Å². The molecule has 20 heavy (non-hydrogen) atoms. The summed E-state index contributed by atoms with van der Waals surface area (Å²) in [5.74, 6) is 0. The highest BCUT2D eigenvalue weighted by Crippen LogP contribution is 2.11. The van der Waals surface area contributed by atoms with Crippen molar-refractivity contribution < 1.29 is 0 Å². The zero-order valence-corrected chi connectivity index (χ0v) is 14.8. The van der Waals surface area contributed by atoms with Gasteiger partial charge in [0.25, 0.3) is 0 Å². The Hall–Kier alpha value is -0.820. The van der Waals surface area contributed by atoms with E-state index in [1.807, 2.05) is 0 Å². The third kappa shape index (κ3) is 13.6. The van der Waals surface area contributed by atoms with Gasteiger partial charge in [-0.05, 0) is 74.1 Å². The van der Waals surface area contributed by atoms with Crippen molar-refractivity contribution in [2.75, 3.05) is 6.54 Å². The van der Waals surface area contributed by atoms with Crippen LogP contribution < -0.4 is 5.32 Å². The zero-order chi connectivity index (χ0) is 15.6. The number of hydrogen-bond donors (Lipinski definition) is 1. The second kappa shape index (κ2) is 9.99. The molecular weight excluding hydrogens is 242 g/mol. The van der Waals surface area contributed by atoms with E-state index in [0.29, 0.717) is 0 Å². The van der Waals surface area contributed by atoms with Crippen molar-refractivity contribution in [2.45, 2.75) is 79.7 Å². The van der Waals surface area contributed by atoms with Gasteiger partial charge in [0.05, 0.1) is 0 Å². The summed E-state index contributed by atoms with van der Waals surface area (Å²) < 4.78 is 0. The van der Waals surface area contributed by atoms with Crippen molar-refractivity contribution in [1.29, 1.82) is 0 Å². The summed E-state index contributed by atoms with van der Waals surface area (Å²) in [5, 5.41) is 3.49. The van der Waals surface area contributed by atoms with E-state index in [9.17, 15) is 0 Å². The summed E-state index contributed by atoms with van der Waals surface area (Å²) >= 11 is 0. The third-order valence-corrected chi connectivity index (χ3v) is 3.21. The van der Waals surface area contributed by atoms with Crippen LogP contribution >= 0.6 is 0 Å². The highest BCUT2D eigenvalue weighted by molar-refractivity contribution is 5.06. The third-order valence-electron chi connectivity index (χ3n) is 3.21. The van der Waals surface area contributed by atoms with Crippen LogP contribution in [0.5, 0.6) is 0 Å². The maximum absolute atomic E-state index is 3.49. The Kier molecular flexibility index (Phi) is 9.58. The van der Waals surface area contributed by atoms with Gasteiger partial charge in [0.15, 0.2) is 0 Å². The molecule has 0 aliphatic heterocycles. The largest absolute Gasteiger partial charge is 0.309 e. The average Bonchev–Trinajstić information content (AvgIpc) is 2.26. The van der Waals surface area contributed by atoms with Crippen molar-refractivity contribution in [2.24, 2.45) is 0 Å². The van der Waals surface area contributed by atoms with Crippen LogP contribution in [-0.2, 0) is 0 Å². The van der Waals surface area contributed by atoms with E-state index in [0.717, 1.165) is 6.54 Å². The van der Waals surface area contributed by atoms with Crippen LogP contribution in [0.2, 0.25) is 0 Å². The molecule has 0 spiro atoms. The second-order valence-corrected chi connectivity index (χ2v) is 7.09. The van der Waals surface area contributed by atoms with Gasteiger partial charge in [-0.2, -0.15) is 0 Å². The molecule has 0 atom stereocenters. The predicted octanol–water partition coefficient (Wildman–Crippen LogP) is 5.79. The maximum atomic E-state index is 3.49.